The van der Waals surface area contributed by atoms with Crippen molar-refractivity contribution in [2.75, 3.05) is 0 Å². The Bertz CT molecular complexity index is 467. The van der Waals surface area contributed by atoms with E-state index in [-0.39, 0.29) is 6.10 Å². The van der Waals surface area contributed by atoms with Gasteiger partial charge in [-0.1, -0.05) is 11.6 Å². The van der Waals surface area contributed by atoms with E-state index in [0.717, 1.165) is 23.1 Å². The highest BCUT2D eigenvalue weighted by molar-refractivity contribution is 7.19. The van der Waals surface area contributed by atoms with Crippen LogP contribution in [0.25, 0.3) is 10.2 Å². The molecule has 0 radical (unpaired) electrons. The third-order valence-electron chi connectivity index (χ3n) is 2.20. The van der Waals surface area contributed by atoms with Crippen LogP contribution in [-0.2, 0) is 6.42 Å². The van der Waals surface area contributed by atoms with Crippen molar-refractivity contribution in [1.29, 1.82) is 0 Å². The van der Waals surface area contributed by atoms with Gasteiger partial charge in [-0.2, -0.15) is 0 Å². The Morgan fingerprint density at radius 3 is 3.07 bits per heavy atom. The molecule has 1 atom stereocenters. The summed E-state index contributed by atoms with van der Waals surface area (Å²) in [6, 6.07) is 5.84. The Balaban J connectivity index is 2.23. The smallest absolute Gasteiger partial charge is 0.129 e. The van der Waals surface area contributed by atoms with Crippen LogP contribution in [0.5, 0.6) is 0 Å². The number of hydrogen-bond acceptors (Lipinski definition) is 3. The summed E-state index contributed by atoms with van der Waals surface area (Å²) in [7, 11) is 0. The Morgan fingerprint density at radius 2 is 2.33 bits per heavy atom. The van der Waals surface area contributed by atoms with E-state index in [1.165, 1.54) is 4.88 Å². The van der Waals surface area contributed by atoms with E-state index in [4.69, 9.17) is 11.6 Å². The number of aryl methyl sites for hydroxylation is 1. The van der Waals surface area contributed by atoms with Crippen LogP contribution in [-0.4, -0.2) is 16.2 Å². The van der Waals surface area contributed by atoms with Crippen molar-refractivity contribution < 1.29 is 5.11 Å². The number of rotatable bonds is 3. The lowest BCUT2D eigenvalue weighted by molar-refractivity contribution is 0.185. The van der Waals surface area contributed by atoms with Crippen LogP contribution in [0.1, 0.15) is 18.2 Å². The summed E-state index contributed by atoms with van der Waals surface area (Å²) in [4.78, 5) is 5.49. The quantitative estimate of drug-likeness (QED) is 0.837. The fraction of sp³-hybridized carbons (Fsp3) is 0.364. The molecule has 2 heterocycles. The molecule has 2 aromatic heterocycles. The molecule has 0 saturated carbocycles. The average Bonchev–Trinajstić information content (AvgIpc) is 2.56. The molecule has 0 saturated heterocycles. The highest BCUT2D eigenvalue weighted by Crippen LogP contribution is 2.26. The number of fused-ring (bicyclic) bond motifs is 1. The molecule has 0 aliphatic heterocycles. The maximum absolute atomic E-state index is 9.20. The highest BCUT2D eigenvalue weighted by atomic mass is 35.5. The van der Waals surface area contributed by atoms with E-state index in [1.54, 1.807) is 17.4 Å². The van der Waals surface area contributed by atoms with E-state index >= 15 is 0 Å². The average molecular weight is 242 g/mol. The second-order valence-electron chi connectivity index (χ2n) is 3.62. The highest BCUT2D eigenvalue weighted by Gasteiger charge is 2.04. The van der Waals surface area contributed by atoms with E-state index in [9.17, 15) is 5.11 Å². The lowest BCUT2D eigenvalue weighted by Gasteiger charge is -1.99. The number of nitrogens with zero attached hydrogens (tertiary/aromatic N) is 1. The van der Waals surface area contributed by atoms with Gasteiger partial charge in [-0.15, -0.1) is 11.3 Å². The number of pyridine rings is 1. The normalized spacial score (nSPS) is 13.3. The van der Waals surface area contributed by atoms with Crippen molar-refractivity contribution in [3.63, 3.8) is 0 Å². The molecule has 2 aromatic rings. The van der Waals surface area contributed by atoms with Gasteiger partial charge in [0.2, 0.25) is 0 Å². The van der Waals surface area contributed by atoms with Gasteiger partial charge < -0.3 is 5.11 Å². The summed E-state index contributed by atoms with van der Waals surface area (Å²) in [5, 5.41) is 9.73. The summed E-state index contributed by atoms with van der Waals surface area (Å²) in [6.45, 7) is 1.81. The zero-order valence-electron chi connectivity index (χ0n) is 8.40. The number of hydrogen-bond donors (Lipinski definition) is 1. The molecule has 15 heavy (non-hydrogen) atoms. The molecule has 0 fully saturated rings. The van der Waals surface area contributed by atoms with Crippen LogP contribution in [0.3, 0.4) is 0 Å². The molecule has 1 N–H and O–H groups in total. The van der Waals surface area contributed by atoms with Crippen LogP contribution in [0.2, 0.25) is 5.15 Å². The van der Waals surface area contributed by atoms with Gasteiger partial charge in [0.25, 0.3) is 0 Å². The minimum atomic E-state index is -0.244. The zero-order chi connectivity index (χ0) is 10.8. The Hall–Kier alpha value is -0.640. The molecule has 2 nitrogen and oxygen atoms in total. The first kappa shape index (κ1) is 10.9. The minimum Gasteiger partial charge on any atom is -0.393 e. The molecule has 4 heteroatoms. The standard InChI is InChI=1S/C11H12ClNOS/c1-7(14)2-3-8-6-9-10(15-8)4-5-11(12)13-9/h4-7,14H,2-3H2,1H3/t7-/m1/s1. The van der Waals surface area contributed by atoms with Crippen molar-refractivity contribution in [1.82, 2.24) is 4.98 Å². The second kappa shape index (κ2) is 4.47. The molecular weight excluding hydrogens is 230 g/mol. The van der Waals surface area contributed by atoms with Gasteiger partial charge in [0, 0.05) is 4.88 Å². The summed E-state index contributed by atoms with van der Waals surface area (Å²) < 4.78 is 1.15. The lowest BCUT2D eigenvalue weighted by Crippen LogP contribution is -1.99. The number of aliphatic hydroxyl groups is 1. The fourth-order valence-electron chi connectivity index (χ4n) is 1.42. The largest absolute Gasteiger partial charge is 0.393 e. The molecule has 0 amide bonds. The topological polar surface area (TPSA) is 33.1 Å². The van der Waals surface area contributed by atoms with E-state index < -0.39 is 0 Å². The first-order chi connectivity index (χ1) is 7.15. The number of aliphatic hydroxyl groups excluding tert-OH is 1. The minimum absolute atomic E-state index is 0.244. The van der Waals surface area contributed by atoms with E-state index in [0.29, 0.717) is 5.15 Å². The van der Waals surface area contributed by atoms with Crippen molar-refractivity contribution in [3.05, 3.63) is 28.2 Å². The van der Waals surface area contributed by atoms with Crippen molar-refractivity contribution >= 4 is 33.2 Å². The molecule has 0 aromatic carbocycles. The van der Waals surface area contributed by atoms with Crippen LogP contribution in [0.15, 0.2) is 18.2 Å². The number of halogens is 1. The Morgan fingerprint density at radius 1 is 1.53 bits per heavy atom. The maximum atomic E-state index is 9.20. The van der Waals surface area contributed by atoms with Gasteiger partial charge in [0.1, 0.15) is 5.15 Å². The van der Waals surface area contributed by atoms with Crippen molar-refractivity contribution in [2.45, 2.75) is 25.9 Å². The Labute approximate surface area is 97.5 Å². The summed E-state index contributed by atoms with van der Waals surface area (Å²) in [5.41, 5.74) is 0.952. The molecule has 2 rings (SSSR count). The summed E-state index contributed by atoms with van der Waals surface area (Å²) in [6.07, 6.45) is 1.45. The number of thiophene rings is 1. The third-order valence-corrected chi connectivity index (χ3v) is 3.56. The molecule has 80 valence electrons. The second-order valence-corrected chi connectivity index (χ2v) is 5.17. The van der Waals surface area contributed by atoms with Crippen LogP contribution >= 0.6 is 22.9 Å². The van der Waals surface area contributed by atoms with E-state index in [1.807, 2.05) is 19.1 Å². The first-order valence-electron chi connectivity index (χ1n) is 4.88. The van der Waals surface area contributed by atoms with Gasteiger partial charge in [0.05, 0.1) is 16.3 Å². The van der Waals surface area contributed by atoms with Gasteiger partial charge >= 0.3 is 0 Å². The molecule has 0 aliphatic carbocycles. The Kier molecular flexibility index (Phi) is 3.24. The van der Waals surface area contributed by atoms with Gasteiger partial charge in [-0.25, -0.2) is 4.98 Å². The lowest BCUT2D eigenvalue weighted by atomic mass is 10.2. The first-order valence-corrected chi connectivity index (χ1v) is 6.07. The SMILES string of the molecule is C[C@@H](O)CCc1cc2nc(Cl)ccc2s1. The predicted molar refractivity (Wildman–Crippen MR) is 64.6 cm³/mol. The molecule has 0 unspecified atom stereocenters. The summed E-state index contributed by atoms with van der Waals surface area (Å²) >= 11 is 7.52. The van der Waals surface area contributed by atoms with Crippen LogP contribution < -0.4 is 0 Å². The van der Waals surface area contributed by atoms with Crippen LogP contribution in [0.4, 0.5) is 0 Å². The predicted octanol–water partition coefficient (Wildman–Crippen LogP) is 3.26. The zero-order valence-corrected chi connectivity index (χ0v) is 9.98. The van der Waals surface area contributed by atoms with Gasteiger partial charge in [-0.05, 0) is 38.0 Å². The van der Waals surface area contributed by atoms with Gasteiger partial charge in [-0.3, -0.25) is 0 Å². The molecule has 0 spiro atoms. The number of aromatic nitrogens is 1. The summed E-state index contributed by atoms with van der Waals surface area (Å²) in [5.74, 6) is 0. The third kappa shape index (κ3) is 2.68. The fourth-order valence-corrected chi connectivity index (χ4v) is 2.60. The molecule has 0 bridgehead atoms. The monoisotopic (exact) mass is 241 g/mol. The van der Waals surface area contributed by atoms with Crippen LogP contribution in [0, 0.1) is 0 Å². The van der Waals surface area contributed by atoms with Crippen molar-refractivity contribution in [2.24, 2.45) is 0 Å². The molecule has 0 aliphatic rings. The van der Waals surface area contributed by atoms with E-state index in [2.05, 4.69) is 4.98 Å². The molecular formula is C11H12ClNOS. The van der Waals surface area contributed by atoms with Gasteiger partial charge in [0.15, 0.2) is 0 Å². The van der Waals surface area contributed by atoms with Crippen molar-refractivity contribution in [3.8, 4) is 0 Å². The maximum Gasteiger partial charge on any atom is 0.129 e.